The summed E-state index contributed by atoms with van der Waals surface area (Å²) in [5.41, 5.74) is -0.537. The van der Waals surface area contributed by atoms with Crippen LogP contribution in [0.15, 0.2) is 48.9 Å². The second-order valence-electron chi connectivity index (χ2n) is 5.75. The number of rotatable bonds is 5. The van der Waals surface area contributed by atoms with Gasteiger partial charge in [0, 0.05) is 24.0 Å². The van der Waals surface area contributed by atoms with E-state index in [4.69, 9.17) is 27.9 Å². The van der Waals surface area contributed by atoms with Crippen molar-refractivity contribution in [3.05, 3.63) is 70.2 Å². The fourth-order valence-electron chi connectivity index (χ4n) is 2.23. The van der Waals surface area contributed by atoms with E-state index in [2.05, 4.69) is 25.6 Å². The summed E-state index contributed by atoms with van der Waals surface area (Å²) in [6.07, 6.45) is -2.24. The molecule has 0 atom stereocenters. The minimum Gasteiger partial charge on any atom is -0.406 e. The number of nitrogens with one attached hydrogen (secondary N) is 2. The average molecular weight is 458 g/mol. The Hall–Kier alpha value is -3.11. The Morgan fingerprint density at radius 3 is 2.57 bits per heavy atom. The van der Waals surface area contributed by atoms with Crippen LogP contribution in [0, 0.1) is 0 Å². The van der Waals surface area contributed by atoms with Gasteiger partial charge in [-0.15, -0.1) is 0 Å². The third-order valence-corrected chi connectivity index (χ3v) is 4.15. The number of alkyl halides is 3. The predicted octanol–water partition coefficient (Wildman–Crippen LogP) is 5.23. The number of carbonyl (C=O) groups is 1. The Morgan fingerprint density at radius 1 is 1.13 bits per heavy atom. The van der Waals surface area contributed by atoms with Gasteiger partial charge in [0.05, 0.1) is 16.9 Å². The first-order valence-corrected chi connectivity index (χ1v) is 8.99. The maximum atomic E-state index is 13.4. The van der Waals surface area contributed by atoms with E-state index in [0.717, 1.165) is 6.20 Å². The third kappa shape index (κ3) is 5.71. The number of ether oxygens (including phenoxy) is 1. The Labute approximate surface area is 178 Å². The van der Waals surface area contributed by atoms with Gasteiger partial charge in [-0.1, -0.05) is 23.2 Å². The molecule has 0 radical (unpaired) electrons. The second kappa shape index (κ2) is 9.14. The SMILES string of the molecule is O=C(NCc1ccncc1)Oc1cnc(Nc2cc(Cl)ccc2Cl)nc1C(F)(F)F. The molecule has 156 valence electrons. The van der Waals surface area contributed by atoms with Crippen molar-refractivity contribution in [1.82, 2.24) is 20.3 Å². The maximum absolute atomic E-state index is 13.4. The highest BCUT2D eigenvalue weighted by Gasteiger charge is 2.38. The van der Waals surface area contributed by atoms with Gasteiger partial charge in [0.1, 0.15) is 0 Å². The van der Waals surface area contributed by atoms with E-state index in [1.807, 2.05) is 0 Å². The van der Waals surface area contributed by atoms with Gasteiger partial charge in [0.15, 0.2) is 11.4 Å². The number of carbonyl (C=O) groups excluding carboxylic acids is 1. The molecule has 2 heterocycles. The molecule has 1 aromatic carbocycles. The Bertz CT molecular complexity index is 1050. The summed E-state index contributed by atoms with van der Waals surface area (Å²) >= 11 is 11.8. The third-order valence-electron chi connectivity index (χ3n) is 3.59. The monoisotopic (exact) mass is 457 g/mol. The summed E-state index contributed by atoms with van der Waals surface area (Å²) in [6.45, 7) is 0.0382. The molecule has 0 saturated carbocycles. The molecule has 0 aliphatic carbocycles. The first-order valence-electron chi connectivity index (χ1n) is 8.23. The zero-order valence-electron chi connectivity index (χ0n) is 14.9. The van der Waals surface area contributed by atoms with Crippen LogP contribution in [0.3, 0.4) is 0 Å². The van der Waals surface area contributed by atoms with Crippen LogP contribution in [0.1, 0.15) is 11.3 Å². The largest absolute Gasteiger partial charge is 0.437 e. The van der Waals surface area contributed by atoms with Crippen molar-refractivity contribution < 1.29 is 22.7 Å². The first-order chi connectivity index (χ1) is 14.2. The van der Waals surface area contributed by atoms with Gasteiger partial charge in [-0.25, -0.2) is 14.8 Å². The molecular weight excluding hydrogens is 446 g/mol. The van der Waals surface area contributed by atoms with Gasteiger partial charge in [-0.3, -0.25) is 4.98 Å². The standard InChI is InChI=1S/C18H12Cl2F3N5O2/c19-11-1-2-12(20)13(7-11)27-16-25-9-14(15(28-16)18(21,22)23)30-17(29)26-8-10-3-5-24-6-4-10/h1-7,9H,8H2,(H,26,29)(H,25,27,28). The zero-order valence-corrected chi connectivity index (χ0v) is 16.4. The van der Waals surface area contributed by atoms with Crippen LogP contribution in [-0.4, -0.2) is 21.0 Å². The zero-order chi connectivity index (χ0) is 21.7. The highest BCUT2D eigenvalue weighted by molar-refractivity contribution is 6.35. The van der Waals surface area contributed by atoms with Crippen molar-refractivity contribution in [2.75, 3.05) is 5.32 Å². The quantitative estimate of drug-likeness (QED) is 0.545. The molecule has 0 spiro atoms. The number of hydrogen-bond donors (Lipinski definition) is 2. The van der Waals surface area contributed by atoms with Crippen molar-refractivity contribution in [2.45, 2.75) is 12.7 Å². The van der Waals surface area contributed by atoms with Crippen LogP contribution in [0.4, 0.5) is 29.6 Å². The lowest BCUT2D eigenvalue weighted by atomic mass is 10.3. The number of aromatic nitrogens is 3. The number of benzene rings is 1. The Kier molecular flexibility index (Phi) is 6.58. The molecule has 7 nitrogen and oxygen atoms in total. The summed E-state index contributed by atoms with van der Waals surface area (Å²) in [4.78, 5) is 22.9. The lowest BCUT2D eigenvalue weighted by molar-refractivity contribution is -0.142. The maximum Gasteiger partial charge on any atom is 0.437 e. The predicted molar refractivity (Wildman–Crippen MR) is 104 cm³/mol. The Morgan fingerprint density at radius 2 is 1.87 bits per heavy atom. The van der Waals surface area contributed by atoms with E-state index in [9.17, 15) is 18.0 Å². The van der Waals surface area contributed by atoms with E-state index in [0.29, 0.717) is 10.6 Å². The lowest BCUT2D eigenvalue weighted by Gasteiger charge is -2.14. The minimum atomic E-state index is -4.90. The first kappa shape index (κ1) is 21.6. The molecule has 30 heavy (non-hydrogen) atoms. The average Bonchev–Trinajstić information content (AvgIpc) is 2.70. The van der Waals surface area contributed by atoms with Crippen LogP contribution in [0.2, 0.25) is 10.0 Å². The number of halogens is 5. The van der Waals surface area contributed by atoms with Gasteiger partial charge in [-0.05, 0) is 35.9 Å². The molecule has 0 aliphatic heterocycles. The van der Waals surface area contributed by atoms with Gasteiger partial charge < -0.3 is 15.4 Å². The van der Waals surface area contributed by atoms with Crippen LogP contribution in [0.5, 0.6) is 5.75 Å². The molecule has 12 heteroatoms. The van der Waals surface area contributed by atoms with Gasteiger partial charge >= 0.3 is 12.3 Å². The molecule has 3 aromatic rings. The van der Waals surface area contributed by atoms with Crippen LogP contribution in [-0.2, 0) is 12.7 Å². The lowest BCUT2D eigenvalue weighted by Crippen LogP contribution is -2.27. The molecule has 2 N–H and O–H groups in total. The minimum absolute atomic E-state index is 0.0382. The van der Waals surface area contributed by atoms with Crippen LogP contribution >= 0.6 is 23.2 Å². The van der Waals surface area contributed by atoms with E-state index < -0.39 is 29.7 Å². The smallest absolute Gasteiger partial charge is 0.406 e. The Balaban J connectivity index is 1.77. The number of hydrogen-bond acceptors (Lipinski definition) is 6. The molecule has 0 fully saturated rings. The molecule has 0 aliphatic rings. The van der Waals surface area contributed by atoms with Crippen molar-refractivity contribution in [2.24, 2.45) is 0 Å². The van der Waals surface area contributed by atoms with Gasteiger partial charge in [-0.2, -0.15) is 13.2 Å². The summed E-state index contributed by atoms with van der Waals surface area (Å²) in [5.74, 6) is -1.26. The van der Waals surface area contributed by atoms with Crippen LogP contribution in [0.25, 0.3) is 0 Å². The summed E-state index contributed by atoms with van der Waals surface area (Å²) in [6, 6.07) is 7.63. The van der Waals surface area contributed by atoms with Gasteiger partial charge in [0.2, 0.25) is 5.95 Å². The topological polar surface area (TPSA) is 89.0 Å². The number of nitrogens with zero attached hydrogens (tertiary/aromatic N) is 3. The molecule has 3 rings (SSSR count). The van der Waals surface area contributed by atoms with Crippen molar-refractivity contribution in [3.63, 3.8) is 0 Å². The van der Waals surface area contributed by atoms with E-state index >= 15 is 0 Å². The molecular formula is C18H12Cl2F3N5O2. The van der Waals surface area contributed by atoms with Crippen molar-refractivity contribution >= 4 is 40.9 Å². The van der Waals surface area contributed by atoms with E-state index in [1.54, 1.807) is 12.1 Å². The second-order valence-corrected chi connectivity index (χ2v) is 6.60. The van der Waals surface area contributed by atoms with E-state index in [-0.39, 0.29) is 17.3 Å². The molecule has 1 amide bonds. The fraction of sp³-hybridized carbons (Fsp3) is 0.111. The molecule has 0 saturated heterocycles. The normalized spacial score (nSPS) is 11.1. The molecule has 2 aromatic heterocycles. The van der Waals surface area contributed by atoms with Crippen molar-refractivity contribution in [3.8, 4) is 5.75 Å². The fourth-order valence-corrected chi connectivity index (χ4v) is 2.57. The van der Waals surface area contributed by atoms with Crippen molar-refractivity contribution in [1.29, 1.82) is 0 Å². The highest BCUT2D eigenvalue weighted by Crippen LogP contribution is 2.36. The summed E-state index contributed by atoms with van der Waals surface area (Å²) < 4.78 is 45.0. The summed E-state index contributed by atoms with van der Waals surface area (Å²) in [5, 5.41) is 5.40. The highest BCUT2D eigenvalue weighted by atomic mass is 35.5. The van der Waals surface area contributed by atoms with E-state index in [1.165, 1.54) is 30.6 Å². The number of amides is 1. The van der Waals surface area contributed by atoms with Gasteiger partial charge in [0.25, 0.3) is 0 Å². The number of anilines is 2. The molecule has 0 bridgehead atoms. The summed E-state index contributed by atoms with van der Waals surface area (Å²) in [7, 11) is 0. The van der Waals surface area contributed by atoms with Crippen LogP contribution < -0.4 is 15.4 Å². The molecule has 0 unspecified atom stereocenters. The number of pyridine rings is 1.